The Morgan fingerprint density at radius 2 is 2.23 bits per heavy atom. The summed E-state index contributed by atoms with van der Waals surface area (Å²) in [4.78, 5) is 8.65. The molecule has 1 heterocycles. The van der Waals surface area contributed by atoms with Crippen LogP contribution in [0, 0.1) is 0 Å². The van der Waals surface area contributed by atoms with Gasteiger partial charge in [0.1, 0.15) is 0 Å². The van der Waals surface area contributed by atoms with E-state index in [1.54, 1.807) is 6.20 Å². The number of aliphatic hydroxyl groups is 1. The number of aliphatic hydroxyl groups excluding tert-OH is 1. The summed E-state index contributed by atoms with van der Waals surface area (Å²) < 4.78 is 0. The van der Waals surface area contributed by atoms with E-state index in [1.165, 1.54) is 0 Å². The van der Waals surface area contributed by atoms with Crippen LogP contribution in [-0.2, 0) is 12.8 Å². The van der Waals surface area contributed by atoms with Gasteiger partial charge in [0.2, 0.25) is 0 Å². The number of nitrogens with two attached hydrogens (primary N) is 1. The van der Waals surface area contributed by atoms with Gasteiger partial charge in [-0.15, -0.1) is 0 Å². The molecule has 4 heteroatoms. The summed E-state index contributed by atoms with van der Waals surface area (Å²) >= 11 is 0. The molecule has 0 saturated carbocycles. The van der Waals surface area contributed by atoms with E-state index in [0.717, 1.165) is 30.7 Å². The summed E-state index contributed by atoms with van der Waals surface area (Å²) in [5, 5.41) is 8.84. The average molecular weight is 179 g/mol. The summed E-state index contributed by atoms with van der Waals surface area (Å²) in [5.41, 5.74) is 8.48. The van der Waals surface area contributed by atoms with Gasteiger partial charge in [0.25, 0.3) is 0 Å². The van der Waals surface area contributed by atoms with E-state index in [2.05, 4.69) is 9.97 Å². The minimum Gasteiger partial charge on any atom is -0.394 e. The molecule has 1 atom stereocenters. The van der Waals surface area contributed by atoms with Gasteiger partial charge >= 0.3 is 0 Å². The zero-order valence-electron chi connectivity index (χ0n) is 7.40. The van der Waals surface area contributed by atoms with Crippen molar-refractivity contribution < 1.29 is 5.11 Å². The van der Waals surface area contributed by atoms with Crippen molar-refractivity contribution in [2.75, 3.05) is 6.61 Å². The molecule has 2 rings (SSSR count). The molecule has 0 spiro atoms. The summed E-state index contributed by atoms with van der Waals surface area (Å²) in [6.45, 7) is -0.0759. The SMILES string of the molecule is NC(CO)c1cnc2c(n1)CCC2. The number of aromatic nitrogens is 2. The molecule has 0 bridgehead atoms. The maximum absolute atomic E-state index is 8.84. The van der Waals surface area contributed by atoms with Crippen molar-refractivity contribution in [3.05, 3.63) is 23.3 Å². The van der Waals surface area contributed by atoms with E-state index < -0.39 is 6.04 Å². The fourth-order valence-corrected chi connectivity index (χ4v) is 1.57. The Balaban J connectivity index is 2.30. The highest BCUT2D eigenvalue weighted by molar-refractivity contribution is 5.20. The Labute approximate surface area is 76.8 Å². The fourth-order valence-electron chi connectivity index (χ4n) is 1.57. The van der Waals surface area contributed by atoms with E-state index in [9.17, 15) is 0 Å². The minimum absolute atomic E-state index is 0.0759. The molecule has 1 unspecified atom stereocenters. The predicted octanol–water partition coefficient (Wildman–Crippen LogP) is -0.0426. The Morgan fingerprint density at radius 1 is 1.46 bits per heavy atom. The summed E-state index contributed by atoms with van der Waals surface area (Å²) in [6, 6.07) is -0.390. The maximum atomic E-state index is 8.84. The number of rotatable bonds is 2. The lowest BCUT2D eigenvalue weighted by molar-refractivity contribution is 0.265. The highest BCUT2D eigenvalue weighted by Gasteiger charge is 2.15. The molecule has 0 aromatic carbocycles. The third-order valence-corrected chi connectivity index (χ3v) is 2.35. The van der Waals surface area contributed by atoms with E-state index in [1.807, 2.05) is 0 Å². The van der Waals surface area contributed by atoms with E-state index >= 15 is 0 Å². The second-order valence-corrected chi connectivity index (χ2v) is 3.33. The third-order valence-electron chi connectivity index (χ3n) is 2.35. The molecule has 70 valence electrons. The van der Waals surface area contributed by atoms with Crippen molar-refractivity contribution in [1.29, 1.82) is 0 Å². The van der Waals surface area contributed by atoms with Gasteiger partial charge < -0.3 is 10.8 Å². The largest absolute Gasteiger partial charge is 0.394 e. The Hall–Kier alpha value is -1.00. The van der Waals surface area contributed by atoms with Gasteiger partial charge in [0, 0.05) is 0 Å². The molecule has 1 aliphatic rings. The molecular formula is C9H13N3O. The first-order valence-electron chi connectivity index (χ1n) is 4.52. The molecule has 3 N–H and O–H groups in total. The second kappa shape index (κ2) is 3.40. The smallest absolute Gasteiger partial charge is 0.0780 e. The fraction of sp³-hybridized carbons (Fsp3) is 0.556. The van der Waals surface area contributed by atoms with Crippen molar-refractivity contribution in [1.82, 2.24) is 9.97 Å². The monoisotopic (exact) mass is 179 g/mol. The van der Waals surface area contributed by atoms with Crippen LogP contribution < -0.4 is 5.73 Å². The molecule has 0 fully saturated rings. The summed E-state index contributed by atoms with van der Waals surface area (Å²) in [7, 11) is 0. The minimum atomic E-state index is -0.390. The first-order valence-corrected chi connectivity index (χ1v) is 4.52. The Kier molecular flexibility index (Phi) is 2.24. The van der Waals surface area contributed by atoms with E-state index in [4.69, 9.17) is 10.8 Å². The topological polar surface area (TPSA) is 72.0 Å². The summed E-state index contributed by atoms with van der Waals surface area (Å²) in [5.74, 6) is 0. The van der Waals surface area contributed by atoms with Gasteiger partial charge in [-0.1, -0.05) is 0 Å². The van der Waals surface area contributed by atoms with Gasteiger partial charge in [-0.25, -0.2) is 0 Å². The maximum Gasteiger partial charge on any atom is 0.0780 e. The lowest BCUT2D eigenvalue weighted by atomic mass is 10.2. The van der Waals surface area contributed by atoms with Crippen LogP contribution in [0.4, 0.5) is 0 Å². The van der Waals surface area contributed by atoms with E-state index in [-0.39, 0.29) is 6.61 Å². The Bertz CT molecular complexity index is 314. The van der Waals surface area contributed by atoms with Crippen LogP contribution in [0.15, 0.2) is 6.20 Å². The number of fused-ring (bicyclic) bond motifs is 1. The number of hydrogen-bond acceptors (Lipinski definition) is 4. The lowest BCUT2D eigenvalue weighted by Crippen LogP contribution is -2.17. The normalized spacial score (nSPS) is 17.1. The first kappa shape index (κ1) is 8.59. The number of hydrogen-bond donors (Lipinski definition) is 2. The highest BCUT2D eigenvalue weighted by atomic mass is 16.3. The first-order chi connectivity index (χ1) is 6.31. The standard InChI is InChI=1S/C9H13N3O/c10-6(5-13)9-4-11-7-2-1-3-8(7)12-9/h4,6,13H,1-3,5,10H2. The van der Waals surface area contributed by atoms with Crippen LogP contribution in [0.2, 0.25) is 0 Å². The van der Waals surface area contributed by atoms with Crippen LogP contribution in [0.5, 0.6) is 0 Å². The third kappa shape index (κ3) is 1.55. The molecule has 1 aromatic heterocycles. The van der Waals surface area contributed by atoms with Crippen LogP contribution in [0.3, 0.4) is 0 Å². The van der Waals surface area contributed by atoms with Gasteiger partial charge in [-0.2, -0.15) is 0 Å². The summed E-state index contributed by atoms with van der Waals surface area (Å²) in [6.07, 6.45) is 4.82. The molecule has 0 radical (unpaired) electrons. The number of aryl methyl sites for hydroxylation is 2. The highest BCUT2D eigenvalue weighted by Crippen LogP contribution is 2.18. The molecule has 13 heavy (non-hydrogen) atoms. The molecule has 1 aromatic rings. The zero-order chi connectivity index (χ0) is 9.26. The van der Waals surface area contributed by atoms with Gasteiger partial charge in [-0.3, -0.25) is 9.97 Å². The van der Waals surface area contributed by atoms with Gasteiger partial charge in [0.05, 0.1) is 35.9 Å². The molecule has 4 nitrogen and oxygen atoms in total. The van der Waals surface area contributed by atoms with Crippen molar-refractivity contribution in [2.45, 2.75) is 25.3 Å². The van der Waals surface area contributed by atoms with Crippen molar-refractivity contribution in [3.63, 3.8) is 0 Å². The van der Waals surface area contributed by atoms with Crippen molar-refractivity contribution >= 4 is 0 Å². The second-order valence-electron chi connectivity index (χ2n) is 3.33. The van der Waals surface area contributed by atoms with Crippen molar-refractivity contribution in [2.24, 2.45) is 5.73 Å². The van der Waals surface area contributed by atoms with Gasteiger partial charge in [0.15, 0.2) is 0 Å². The van der Waals surface area contributed by atoms with Crippen molar-refractivity contribution in [3.8, 4) is 0 Å². The van der Waals surface area contributed by atoms with E-state index in [0.29, 0.717) is 5.69 Å². The lowest BCUT2D eigenvalue weighted by Gasteiger charge is -2.08. The van der Waals surface area contributed by atoms with Crippen LogP contribution in [0.1, 0.15) is 29.5 Å². The Morgan fingerprint density at radius 3 is 3.00 bits per heavy atom. The zero-order valence-corrected chi connectivity index (χ0v) is 7.40. The molecule has 0 amide bonds. The molecule has 1 aliphatic carbocycles. The predicted molar refractivity (Wildman–Crippen MR) is 48.1 cm³/mol. The number of nitrogens with zero attached hydrogens (tertiary/aromatic N) is 2. The van der Waals surface area contributed by atoms with Gasteiger partial charge in [-0.05, 0) is 19.3 Å². The van der Waals surface area contributed by atoms with Crippen LogP contribution >= 0.6 is 0 Å². The molecule has 0 aliphatic heterocycles. The molecular weight excluding hydrogens is 166 g/mol. The van der Waals surface area contributed by atoms with Crippen LogP contribution in [0.25, 0.3) is 0 Å². The molecule has 0 saturated heterocycles. The quantitative estimate of drug-likeness (QED) is 0.668. The average Bonchev–Trinajstić information content (AvgIpc) is 2.63. The van der Waals surface area contributed by atoms with Crippen LogP contribution in [-0.4, -0.2) is 21.7 Å².